The largest absolute Gasteiger partial charge is 0.876 e. The molecule has 0 aromatic heterocycles. The van der Waals surface area contributed by atoms with E-state index in [9.17, 15) is 5.11 Å². The molecule has 0 radical (unpaired) electrons. The van der Waals surface area contributed by atoms with E-state index in [1.807, 2.05) is 0 Å². The topological polar surface area (TPSA) is 23.1 Å². The molecule has 0 aliphatic carbocycles. The van der Waals surface area contributed by atoms with E-state index in [-0.39, 0.29) is 5.76 Å². The normalized spacial score (nSPS) is 8.71. The van der Waals surface area contributed by atoms with Crippen molar-refractivity contribution in [3.63, 3.8) is 0 Å². The summed E-state index contributed by atoms with van der Waals surface area (Å²) in [5.74, 6) is 0.0573. The van der Waals surface area contributed by atoms with Crippen LogP contribution in [0.15, 0.2) is 12.3 Å². The summed E-state index contributed by atoms with van der Waals surface area (Å²) in [4.78, 5) is 0. The molecule has 0 saturated heterocycles. The molecule has 42 valence electrons. The highest BCUT2D eigenvalue weighted by Gasteiger charge is 1.76. The standard InChI is InChI=1S/C6H12O/c1-3-4-5-6(2)7/h7H,2-5H2,1H3/p-1. The van der Waals surface area contributed by atoms with Crippen LogP contribution in [0.3, 0.4) is 0 Å². The first kappa shape index (κ1) is 6.54. The molecule has 0 fully saturated rings. The van der Waals surface area contributed by atoms with Gasteiger partial charge >= 0.3 is 0 Å². The van der Waals surface area contributed by atoms with E-state index >= 15 is 0 Å². The maximum Gasteiger partial charge on any atom is -0.0429 e. The molecule has 0 heterocycles. The van der Waals surface area contributed by atoms with Crippen LogP contribution in [-0.2, 0) is 0 Å². The zero-order valence-electron chi connectivity index (χ0n) is 4.74. The molecule has 0 saturated carbocycles. The summed E-state index contributed by atoms with van der Waals surface area (Å²) in [5.41, 5.74) is 0. The Labute approximate surface area is 44.7 Å². The van der Waals surface area contributed by atoms with Gasteiger partial charge in [-0.15, -0.1) is 12.3 Å². The number of unbranched alkanes of at least 4 members (excludes halogenated alkanes) is 1. The van der Waals surface area contributed by atoms with Gasteiger partial charge in [-0.1, -0.05) is 19.8 Å². The van der Waals surface area contributed by atoms with Crippen molar-refractivity contribution in [2.75, 3.05) is 0 Å². The van der Waals surface area contributed by atoms with E-state index < -0.39 is 0 Å². The fraction of sp³-hybridized carbons (Fsp3) is 0.667. The van der Waals surface area contributed by atoms with Crippen molar-refractivity contribution in [1.29, 1.82) is 0 Å². The Hall–Kier alpha value is -0.460. The maximum absolute atomic E-state index is 10.1. The molecule has 1 heteroatoms. The second kappa shape index (κ2) is 3.72. The minimum Gasteiger partial charge on any atom is -0.876 e. The Morgan fingerprint density at radius 2 is 2.29 bits per heavy atom. The van der Waals surface area contributed by atoms with E-state index in [4.69, 9.17) is 0 Å². The van der Waals surface area contributed by atoms with Gasteiger partial charge in [0.15, 0.2) is 0 Å². The van der Waals surface area contributed by atoms with Crippen molar-refractivity contribution in [3.05, 3.63) is 12.3 Å². The summed E-state index contributed by atoms with van der Waals surface area (Å²) in [6.07, 6.45) is 2.72. The predicted molar refractivity (Wildman–Crippen MR) is 28.7 cm³/mol. The third-order valence-electron chi connectivity index (χ3n) is 0.809. The summed E-state index contributed by atoms with van der Waals surface area (Å²) < 4.78 is 0. The molecule has 0 bridgehead atoms. The third kappa shape index (κ3) is 5.54. The summed E-state index contributed by atoms with van der Waals surface area (Å²) in [6.45, 7) is 5.30. The van der Waals surface area contributed by atoms with Gasteiger partial charge in [-0.2, -0.15) is 0 Å². The first-order valence-corrected chi connectivity index (χ1v) is 2.62. The Balaban J connectivity index is 2.82. The molecule has 0 atom stereocenters. The first-order chi connectivity index (χ1) is 3.27. The van der Waals surface area contributed by atoms with Crippen LogP contribution in [0, 0.1) is 0 Å². The van der Waals surface area contributed by atoms with Gasteiger partial charge in [-0.05, 0) is 6.42 Å². The molecular formula is C6H11O-. The van der Waals surface area contributed by atoms with Crippen LogP contribution in [0.4, 0.5) is 0 Å². The molecule has 0 amide bonds. The molecule has 0 aliphatic rings. The molecule has 7 heavy (non-hydrogen) atoms. The van der Waals surface area contributed by atoms with Gasteiger partial charge in [0.05, 0.1) is 0 Å². The van der Waals surface area contributed by atoms with E-state index in [0.717, 1.165) is 12.8 Å². The van der Waals surface area contributed by atoms with E-state index in [0.29, 0.717) is 6.42 Å². The van der Waals surface area contributed by atoms with Crippen LogP contribution in [-0.4, -0.2) is 0 Å². The fourth-order valence-corrected chi connectivity index (χ4v) is 0.374. The number of rotatable bonds is 3. The molecule has 0 aromatic rings. The second-order valence-electron chi connectivity index (χ2n) is 1.64. The lowest BCUT2D eigenvalue weighted by Gasteiger charge is -2.05. The average Bonchev–Trinajstić information content (AvgIpc) is 1.61. The van der Waals surface area contributed by atoms with Gasteiger partial charge in [0.25, 0.3) is 0 Å². The van der Waals surface area contributed by atoms with Crippen molar-refractivity contribution in [3.8, 4) is 0 Å². The van der Waals surface area contributed by atoms with Gasteiger partial charge in [-0.25, -0.2) is 0 Å². The molecule has 0 rings (SSSR count). The van der Waals surface area contributed by atoms with Crippen LogP contribution in [0.5, 0.6) is 0 Å². The number of hydrogen-bond donors (Lipinski definition) is 0. The molecule has 0 aliphatic heterocycles. The molecule has 1 nitrogen and oxygen atoms in total. The Kier molecular flexibility index (Phi) is 3.48. The highest BCUT2D eigenvalue weighted by molar-refractivity contribution is 4.74. The summed E-state index contributed by atoms with van der Waals surface area (Å²) in [6, 6.07) is 0. The first-order valence-electron chi connectivity index (χ1n) is 2.62. The molecule has 0 N–H and O–H groups in total. The minimum atomic E-state index is 0.0573. The van der Waals surface area contributed by atoms with Gasteiger partial charge in [0.2, 0.25) is 0 Å². The molecule has 0 spiro atoms. The highest BCUT2D eigenvalue weighted by atomic mass is 16.3. The van der Waals surface area contributed by atoms with Gasteiger partial charge in [-0.3, -0.25) is 0 Å². The van der Waals surface area contributed by atoms with Crippen molar-refractivity contribution in [2.45, 2.75) is 26.2 Å². The van der Waals surface area contributed by atoms with Crippen molar-refractivity contribution >= 4 is 0 Å². The Morgan fingerprint density at radius 1 is 1.71 bits per heavy atom. The van der Waals surface area contributed by atoms with E-state index in [1.54, 1.807) is 0 Å². The minimum absolute atomic E-state index is 0.0573. The molecule has 0 unspecified atom stereocenters. The lowest BCUT2D eigenvalue weighted by Crippen LogP contribution is -1.99. The Morgan fingerprint density at radius 3 is 2.43 bits per heavy atom. The average molecular weight is 99.2 g/mol. The zero-order chi connectivity index (χ0) is 5.70. The van der Waals surface area contributed by atoms with E-state index in [1.165, 1.54) is 0 Å². The van der Waals surface area contributed by atoms with Crippen LogP contribution in [0.1, 0.15) is 26.2 Å². The van der Waals surface area contributed by atoms with Gasteiger partial charge in [0.1, 0.15) is 0 Å². The maximum atomic E-state index is 10.1. The molecular weight excluding hydrogens is 88.1 g/mol. The third-order valence-corrected chi connectivity index (χ3v) is 0.809. The van der Waals surface area contributed by atoms with E-state index in [2.05, 4.69) is 13.5 Å². The monoisotopic (exact) mass is 99.1 g/mol. The number of hydrogen-bond acceptors (Lipinski definition) is 1. The van der Waals surface area contributed by atoms with Crippen molar-refractivity contribution in [1.82, 2.24) is 0 Å². The van der Waals surface area contributed by atoms with Crippen LogP contribution in [0.2, 0.25) is 0 Å². The quantitative estimate of drug-likeness (QED) is 0.485. The second-order valence-corrected chi connectivity index (χ2v) is 1.64. The van der Waals surface area contributed by atoms with Crippen LogP contribution in [0.25, 0.3) is 0 Å². The summed E-state index contributed by atoms with van der Waals surface area (Å²) in [5, 5.41) is 10.1. The zero-order valence-corrected chi connectivity index (χ0v) is 4.74. The predicted octanol–water partition coefficient (Wildman–Crippen LogP) is 1.05. The fourth-order valence-electron chi connectivity index (χ4n) is 0.374. The highest BCUT2D eigenvalue weighted by Crippen LogP contribution is 1.96. The molecule has 0 aromatic carbocycles. The number of allylic oxidation sites excluding steroid dienone is 1. The van der Waals surface area contributed by atoms with Crippen molar-refractivity contribution in [2.24, 2.45) is 0 Å². The van der Waals surface area contributed by atoms with Crippen molar-refractivity contribution < 1.29 is 5.11 Å². The lowest BCUT2D eigenvalue weighted by molar-refractivity contribution is -0.306. The van der Waals surface area contributed by atoms with Crippen LogP contribution < -0.4 is 5.11 Å². The Bertz CT molecular complexity index is 57.2. The SMILES string of the molecule is C=C([O-])CCCC. The van der Waals surface area contributed by atoms with Gasteiger partial charge in [0, 0.05) is 0 Å². The lowest BCUT2D eigenvalue weighted by atomic mass is 10.2. The van der Waals surface area contributed by atoms with Crippen LogP contribution >= 0.6 is 0 Å². The summed E-state index contributed by atoms with van der Waals surface area (Å²) >= 11 is 0. The van der Waals surface area contributed by atoms with Gasteiger partial charge < -0.3 is 5.11 Å². The smallest absolute Gasteiger partial charge is 0.0429 e. The summed E-state index contributed by atoms with van der Waals surface area (Å²) in [7, 11) is 0.